The van der Waals surface area contributed by atoms with E-state index in [0.29, 0.717) is 32.7 Å². The first kappa shape index (κ1) is 15.2. The van der Waals surface area contributed by atoms with Crippen molar-refractivity contribution in [1.82, 2.24) is 4.31 Å². The molecule has 102 valence electrons. The van der Waals surface area contributed by atoms with E-state index in [1.54, 1.807) is 4.31 Å². The number of rotatable bonds is 2. The van der Waals surface area contributed by atoms with Gasteiger partial charge in [-0.2, -0.15) is 4.31 Å². The van der Waals surface area contributed by atoms with Crippen LogP contribution in [0.3, 0.4) is 0 Å². The van der Waals surface area contributed by atoms with Crippen LogP contribution >= 0.6 is 12.4 Å². The second-order valence-electron chi connectivity index (χ2n) is 4.84. The number of nitrogens with zero attached hydrogens (tertiary/aromatic N) is 1. The molecule has 0 aromatic carbocycles. The van der Waals surface area contributed by atoms with Crippen LogP contribution in [0.25, 0.3) is 0 Å². The molecule has 2 fully saturated rings. The summed E-state index contributed by atoms with van der Waals surface area (Å²) in [6, 6.07) is -0.0284. The summed E-state index contributed by atoms with van der Waals surface area (Å²) in [5.74, 6) is 0.249. The highest BCUT2D eigenvalue weighted by Crippen LogP contribution is 2.24. The zero-order valence-electron chi connectivity index (χ0n) is 10.0. The maximum atomic E-state index is 12.3. The third-order valence-corrected chi connectivity index (χ3v) is 5.77. The molecule has 2 heterocycles. The summed E-state index contributed by atoms with van der Waals surface area (Å²) in [6.45, 7) is 4.03. The molecule has 2 N–H and O–H groups in total. The van der Waals surface area contributed by atoms with E-state index >= 15 is 0 Å². The van der Waals surface area contributed by atoms with E-state index in [1.807, 2.05) is 6.92 Å². The van der Waals surface area contributed by atoms with Crippen molar-refractivity contribution >= 4 is 22.4 Å². The fraction of sp³-hybridized carbons (Fsp3) is 1.00. The van der Waals surface area contributed by atoms with Crippen molar-refractivity contribution in [1.29, 1.82) is 0 Å². The number of ether oxygens (including phenoxy) is 1. The van der Waals surface area contributed by atoms with Crippen molar-refractivity contribution in [2.45, 2.75) is 31.1 Å². The van der Waals surface area contributed by atoms with E-state index in [2.05, 4.69) is 0 Å². The molecule has 3 unspecified atom stereocenters. The van der Waals surface area contributed by atoms with Gasteiger partial charge in [0.05, 0.1) is 11.9 Å². The molecule has 0 spiro atoms. The fourth-order valence-electron chi connectivity index (χ4n) is 2.31. The first-order chi connectivity index (χ1) is 7.51. The minimum absolute atomic E-state index is 0. The Morgan fingerprint density at radius 1 is 1.35 bits per heavy atom. The lowest BCUT2D eigenvalue weighted by molar-refractivity contribution is 0.0977. The van der Waals surface area contributed by atoms with Gasteiger partial charge in [0.1, 0.15) is 0 Å². The van der Waals surface area contributed by atoms with Gasteiger partial charge in [-0.1, -0.05) is 6.92 Å². The maximum Gasteiger partial charge on any atom is 0.219 e. The molecular formula is C10H21ClN2O3S. The van der Waals surface area contributed by atoms with Crippen LogP contribution in [0.15, 0.2) is 0 Å². The molecule has 2 aliphatic heterocycles. The molecule has 17 heavy (non-hydrogen) atoms. The Morgan fingerprint density at radius 3 is 2.53 bits per heavy atom. The molecule has 0 aromatic rings. The number of sulfonamides is 1. The Balaban J connectivity index is 0.00000144. The van der Waals surface area contributed by atoms with Crippen LogP contribution in [-0.4, -0.2) is 50.3 Å². The molecule has 2 aliphatic rings. The highest BCUT2D eigenvalue weighted by atomic mass is 35.5. The van der Waals surface area contributed by atoms with Gasteiger partial charge in [-0.05, 0) is 18.8 Å². The van der Waals surface area contributed by atoms with Crippen LogP contribution in [0.4, 0.5) is 0 Å². The summed E-state index contributed by atoms with van der Waals surface area (Å²) in [5, 5.41) is -0.362. The van der Waals surface area contributed by atoms with Gasteiger partial charge in [0.15, 0.2) is 0 Å². The number of halogens is 1. The molecule has 3 atom stereocenters. The van der Waals surface area contributed by atoms with Gasteiger partial charge in [-0.25, -0.2) is 8.42 Å². The third-order valence-electron chi connectivity index (χ3n) is 3.54. The molecule has 0 amide bonds. The van der Waals surface area contributed by atoms with Crippen molar-refractivity contribution in [3.63, 3.8) is 0 Å². The summed E-state index contributed by atoms with van der Waals surface area (Å²) in [7, 11) is -3.20. The lowest BCUT2D eigenvalue weighted by Crippen LogP contribution is -2.42. The third kappa shape index (κ3) is 3.12. The first-order valence-corrected chi connectivity index (χ1v) is 7.34. The highest BCUT2D eigenvalue weighted by Gasteiger charge is 2.39. The van der Waals surface area contributed by atoms with E-state index < -0.39 is 10.0 Å². The van der Waals surface area contributed by atoms with E-state index in [-0.39, 0.29) is 29.6 Å². The highest BCUT2D eigenvalue weighted by molar-refractivity contribution is 7.89. The van der Waals surface area contributed by atoms with Crippen molar-refractivity contribution in [3.05, 3.63) is 0 Å². The first-order valence-electron chi connectivity index (χ1n) is 5.84. The molecule has 0 aliphatic carbocycles. The standard InChI is InChI=1S/C10H20N2O3S.ClH/c1-8-5-12(6-10(8)11)16(13,14)9-3-2-4-15-7-9;/h8-10H,2-7,11H2,1H3;1H. The van der Waals surface area contributed by atoms with Crippen LogP contribution < -0.4 is 5.73 Å². The molecular weight excluding hydrogens is 264 g/mol. The predicted molar refractivity (Wildman–Crippen MR) is 68.7 cm³/mol. The molecule has 0 bridgehead atoms. The van der Waals surface area contributed by atoms with E-state index in [1.165, 1.54) is 0 Å². The molecule has 0 aromatic heterocycles. The smallest absolute Gasteiger partial charge is 0.219 e. The second kappa shape index (κ2) is 5.84. The van der Waals surface area contributed by atoms with Gasteiger partial charge < -0.3 is 10.5 Å². The Morgan fingerprint density at radius 2 is 2.06 bits per heavy atom. The predicted octanol–water partition coefficient (Wildman–Crippen LogP) is 0.196. The largest absolute Gasteiger partial charge is 0.380 e. The molecule has 0 saturated carbocycles. The zero-order valence-corrected chi connectivity index (χ0v) is 11.7. The maximum absolute atomic E-state index is 12.3. The molecule has 7 heteroatoms. The topological polar surface area (TPSA) is 72.6 Å². The van der Waals surface area contributed by atoms with E-state index in [0.717, 1.165) is 6.42 Å². The summed E-state index contributed by atoms with van der Waals surface area (Å²) in [5.41, 5.74) is 5.86. The van der Waals surface area contributed by atoms with Gasteiger partial charge in [0.25, 0.3) is 0 Å². The number of nitrogens with two attached hydrogens (primary N) is 1. The molecule has 2 saturated heterocycles. The number of hydrogen-bond donors (Lipinski definition) is 1. The van der Waals surface area contributed by atoms with Crippen LogP contribution in [0.2, 0.25) is 0 Å². The second-order valence-corrected chi connectivity index (χ2v) is 7.06. The monoisotopic (exact) mass is 284 g/mol. The lowest BCUT2D eigenvalue weighted by Gasteiger charge is -2.26. The van der Waals surface area contributed by atoms with Crippen molar-refractivity contribution in [2.75, 3.05) is 26.3 Å². The Bertz CT molecular complexity index is 333. The Labute approximate surface area is 109 Å². The Hall–Kier alpha value is 0.120. The van der Waals surface area contributed by atoms with Crippen LogP contribution in [0.1, 0.15) is 19.8 Å². The number of hydrogen-bond acceptors (Lipinski definition) is 4. The van der Waals surface area contributed by atoms with Crippen molar-refractivity contribution in [3.8, 4) is 0 Å². The quantitative estimate of drug-likeness (QED) is 0.786. The Kier molecular flexibility index (Phi) is 5.21. The average molecular weight is 285 g/mol. The SMILES string of the molecule is CC1CN(S(=O)(=O)C2CCCOC2)CC1N.Cl. The van der Waals surface area contributed by atoms with Gasteiger partial charge in [-0.15, -0.1) is 12.4 Å². The summed E-state index contributed by atoms with van der Waals surface area (Å²) >= 11 is 0. The van der Waals surface area contributed by atoms with E-state index in [4.69, 9.17) is 10.5 Å². The van der Waals surface area contributed by atoms with E-state index in [9.17, 15) is 8.42 Å². The van der Waals surface area contributed by atoms with Gasteiger partial charge in [-0.3, -0.25) is 0 Å². The van der Waals surface area contributed by atoms with Crippen LogP contribution in [0, 0.1) is 5.92 Å². The zero-order chi connectivity index (χ0) is 11.8. The van der Waals surface area contributed by atoms with Crippen molar-refractivity contribution in [2.24, 2.45) is 11.7 Å². The van der Waals surface area contributed by atoms with Crippen molar-refractivity contribution < 1.29 is 13.2 Å². The van der Waals surface area contributed by atoms with Gasteiger partial charge in [0, 0.05) is 25.7 Å². The minimum Gasteiger partial charge on any atom is -0.380 e. The molecule has 2 rings (SSSR count). The fourth-order valence-corrected chi connectivity index (χ4v) is 4.29. The summed E-state index contributed by atoms with van der Waals surface area (Å²) < 4.78 is 31.3. The van der Waals surface area contributed by atoms with Gasteiger partial charge >= 0.3 is 0 Å². The molecule has 0 radical (unpaired) electrons. The van der Waals surface area contributed by atoms with Crippen LogP contribution in [-0.2, 0) is 14.8 Å². The normalized spacial score (nSPS) is 35.5. The van der Waals surface area contributed by atoms with Gasteiger partial charge in [0.2, 0.25) is 10.0 Å². The lowest BCUT2D eigenvalue weighted by atomic mass is 10.1. The minimum atomic E-state index is -3.20. The summed E-state index contributed by atoms with van der Waals surface area (Å²) in [6.07, 6.45) is 1.54. The van der Waals surface area contributed by atoms with Crippen LogP contribution in [0.5, 0.6) is 0 Å². The average Bonchev–Trinajstić information content (AvgIpc) is 2.61. The summed E-state index contributed by atoms with van der Waals surface area (Å²) in [4.78, 5) is 0. The molecule has 5 nitrogen and oxygen atoms in total.